The molecule has 0 spiro atoms. The summed E-state index contributed by atoms with van der Waals surface area (Å²) in [5, 5.41) is 17.7. The van der Waals surface area contributed by atoms with Gasteiger partial charge in [0.05, 0.1) is 12.6 Å². The Morgan fingerprint density at radius 2 is 1.78 bits per heavy atom. The summed E-state index contributed by atoms with van der Waals surface area (Å²) in [5.41, 5.74) is -2.42. The molecular formula is C24H40N3NaO8S. The molecular weight excluding hydrogens is 513 g/mol. The van der Waals surface area contributed by atoms with Crippen molar-refractivity contribution in [3.63, 3.8) is 0 Å². The van der Waals surface area contributed by atoms with Gasteiger partial charge in [-0.3, -0.25) is 9.59 Å². The first-order valence-electron chi connectivity index (χ1n) is 13.1. The molecule has 11 nitrogen and oxygen atoms in total. The normalized spacial score (nSPS) is 27.9. The second kappa shape index (κ2) is 14.5. The Hall–Kier alpha value is -0.920. The summed E-state index contributed by atoms with van der Waals surface area (Å²) in [6.07, 6.45) is 6.71. The molecule has 0 aromatic carbocycles. The van der Waals surface area contributed by atoms with Gasteiger partial charge in [0.1, 0.15) is 16.2 Å². The van der Waals surface area contributed by atoms with E-state index in [0.29, 0.717) is 30.7 Å². The number of fused-ring (bicyclic) bond motifs is 2. The van der Waals surface area contributed by atoms with Crippen LogP contribution < -0.4 is 45.5 Å². The van der Waals surface area contributed by atoms with Crippen LogP contribution in [0.4, 0.5) is 4.79 Å². The van der Waals surface area contributed by atoms with Gasteiger partial charge >= 0.3 is 35.7 Å². The first-order valence-corrected chi connectivity index (χ1v) is 14.5. The number of aliphatic hydroxyl groups is 1. The summed E-state index contributed by atoms with van der Waals surface area (Å²) in [6.45, 7) is 4.37. The molecule has 1 saturated heterocycles. The summed E-state index contributed by atoms with van der Waals surface area (Å²) in [4.78, 5) is 37.6. The maximum Gasteiger partial charge on any atom is 1.00 e. The van der Waals surface area contributed by atoms with Gasteiger partial charge in [-0.15, -0.1) is 0 Å². The third-order valence-corrected chi connectivity index (χ3v) is 8.58. The van der Waals surface area contributed by atoms with Crippen LogP contribution in [0.1, 0.15) is 71.6 Å². The predicted molar refractivity (Wildman–Crippen MR) is 129 cm³/mol. The van der Waals surface area contributed by atoms with Crippen molar-refractivity contribution in [2.75, 3.05) is 13.2 Å². The zero-order chi connectivity index (χ0) is 26.5. The van der Waals surface area contributed by atoms with Gasteiger partial charge in [-0.1, -0.05) is 33.1 Å². The van der Waals surface area contributed by atoms with E-state index in [9.17, 15) is 32.5 Å². The smallest absolute Gasteiger partial charge is 0.746 e. The van der Waals surface area contributed by atoms with Crippen LogP contribution in [0.3, 0.4) is 0 Å². The molecule has 1 heterocycles. The molecule has 3 amide bonds. The minimum atomic E-state index is -5.16. The largest absolute Gasteiger partial charge is 1.00 e. The van der Waals surface area contributed by atoms with Gasteiger partial charge in [0.25, 0.3) is 0 Å². The third kappa shape index (κ3) is 9.96. The van der Waals surface area contributed by atoms with Crippen LogP contribution in [0.15, 0.2) is 0 Å². The van der Waals surface area contributed by atoms with Crippen LogP contribution in [0.2, 0.25) is 0 Å². The molecule has 0 aromatic rings. The minimum Gasteiger partial charge on any atom is -0.746 e. The summed E-state index contributed by atoms with van der Waals surface area (Å²) < 4.78 is 39.9. The SMILES string of the molecule is CC(C)C[C@H](NC(=O)OCC1CC2CCCC(C2)C1)C(=O)N[C@@H](C[C@H]1CCNC1=O)C(O)S(=O)(=O)[O-].[Na+]. The Kier molecular flexibility index (Phi) is 12.6. The van der Waals surface area contributed by atoms with E-state index in [0.717, 1.165) is 12.8 Å². The first kappa shape index (κ1) is 32.3. The van der Waals surface area contributed by atoms with E-state index in [1.807, 2.05) is 13.8 Å². The molecule has 2 aliphatic carbocycles. The van der Waals surface area contributed by atoms with E-state index in [2.05, 4.69) is 16.0 Å². The van der Waals surface area contributed by atoms with Crippen molar-refractivity contribution >= 4 is 28.0 Å². The van der Waals surface area contributed by atoms with E-state index in [1.165, 1.54) is 25.7 Å². The first-order chi connectivity index (χ1) is 16.9. The van der Waals surface area contributed by atoms with Gasteiger partial charge in [-0.25, -0.2) is 13.2 Å². The number of carbonyl (C=O) groups is 3. The van der Waals surface area contributed by atoms with Crippen LogP contribution in [0, 0.1) is 29.6 Å². The van der Waals surface area contributed by atoms with E-state index in [4.69, 9.17) is 4.74 Å². The second-order valence-corrected chi connectivity index (χ2v) is 12.6. The van der Waals surface area contributed by atoms with Crippen LogP contribution in [0.5, 0.6) is 0 Å². The summed E-state index contributed by atoms with van der Waals surface area (Å²) in [6, 6.07) is -2.56. The van der Waals surface area contributed by atoms with Crippen LogP contribution in [-0.2, 0) is 24.4 Å². The van der Waals surface area contributed by atoms with E-state index in [-0.39, 0.29) is 60.8 Å². The molecule has 206 valence electrons. The number of alkyl carbamates (subject to hydrolysis) is 1. The Morgan fingerprint density at radius 1 is 1.14 bits per heavy atom. The Morgan fingerprint density at radius 3 is 2.32 bits per heavy atom. The molecule has 1 aliphatic heterocycles. The van der Waals surface area contributed by atoms with Crippen LogP contribution in [-0.4, -0.2) is 66.7 Å². The van der Waals surface area contributed by atoms with E-state index >= 15 is 0 Å². The van der Waals surface area contributed by atoms with E-state index < -0.39 is 45.6 Å². The predicted octanol–water partition coefficient (Wildman–Crippen LogP) is -1.78. The van der Waals surface area contributed by atoms with Crippen molar-refractivity contribution in [3.05, 3.63) is 0 Å². The Bertz CT molecular complexity index is 890. The van der Waals surface area contributed by atoms with Gasteiger partial charge in [-0.05, 0) is 62.2 Å². The number of rotatable bonds is 11. The zero-order valence-electron chi connectivity index (χ0n) is 22.1. The van der Waals surface area contributed by atoms with Crippen molar-refractivity contribution in [2.24, 2.45) is 29.6 Å². The average molecular weight is 554 g/mol. The Labute approximate surface area is 241 Å². The van der Waals surface area contributed by atoms with Gasteiger partial charge in [0.15, 0.2) is 5.44 Å². The monoisotopic (exact) mass is 553 g/mol. The molecule has 2 bridgehead atoms. The number of hydrogen-bond donors (Lipinski definition) is 4. The molecule has 0 aromatic heterocycles. The maximum absolute atomic E-state index is 13.1. The molecule has 2 saturated carbocycles. The fourth-order valence-corrected chi connectivity index (χ4v) is 6.58. The average Bonchev–Trinajstić information content (AvgIpc) is 3.19. The molecule has 3 fully saturated rings. The molecule has 37 heavy (non-hydrogen) atoms. The number of carbonyl (C=O) groups excluding carboxylic acids is 3. The standard InChI is InChI=1S/C24H41N3O8S.Na/c1-14(2)8-19(27-24(31)35-13-17-10-15-4-3-5-16(9-15)11-17)22(29)26-20(23(30)36(32,33)34)12-18-6-7-25-21(18)28;/h14-20,23,30H,3-13H2,1-2H3,(H,25,28)(H,26,29)(H,27,31)(H,32,33,34);/q;+1/p-1/t15?,16?,17?,18-,19+,20+,23?;/m1./s1. The molecule has 0 radical (unpaired) electrons. The number of aliphatic hydroxyl groups excluding tert-OH is 1. The fourth-order valence-electron chi connectivity index (χ4n) is 5.99. The van der Waals surface area contributed by atoms with Gasteiger partial charge in [-0.2, -0.15) is 0 Å². The van der Waals surface area contributed by atoms with Crippen molar-refractivity contribution in [1.29, 1.82) is 0 Å². The summed E-state index contributed by atoms with van der Waals surface area (Å²) >= 11 is 0. The fraction of sp³-hybridized carbons (Fsp3) is 0.875. The summed E-state index contributed by atoms with van der Waals surface area (Å²) in [7, 11) is -5.16. The molecule has 3 rings (SSSR count). The summed E-state index contributed by atoms with van der Waals surface area (Å²) in [5.74, 6) is -0.0610. The van der Waals surface area contributed by atoms with Crippen molar-refractivity contribution in [1.82, 2.24) is 16.0 Å². The van der Waals surface area contributed by atoms with Gasteiger partial charge < -0.3 is 30.3 Å². The third-order valence-electron chi connectivity index (χ3n) is 7.66. The number of hydrogen-bond acceptors (Lipinski definition) is 8. The van der Waals surface area contributed by atoms with Crippen molar-refractivity contribution in [3.8, 4) is 0 Å². The van der Waals surface area contributed by atoms with Crippen molar-refractivity contribution in [2.45, 2.75) is 89.2 Å². The van der Waals surface area contributed by atoms with Gasteiger partial charge in [0.2, 0.25) is 11.8 Å². The van der Waals surface area contributed by atoms with Crippen LogP contribution in [0.25, 0.3) is 0 Å². The molecule has 13 heteroatoms. The topological polar surface area (TPSA) is 174 Å². The second-order valence-electron chi connectivity index (χ2n) is 11.2. The van der Waals surface area contributed by atoms with Crippen molar-refractivity contribution < 1.29 is 66.8 Å². The molecule has 4 N–H and O–H groups in total. The molecule has 6 atom stereocenters. The maximum atomic E-state index is 13.1. The minimum absolute atomic E-state index is 0. The number of ether oxygens (including phenoxy) is 1. The molecule has 3 aliphatic rings. The number of nitrogens with one attached hydrogen (secondary N) is 3. The quantitative estimate of drug-likeness (QED) is 0.172. The number of amides is 3. The van der Waals surface area contributed by atoms with Crippen LogP contribution >= 0.6 is 0 Å². The molecule has 3 unspecified atom stereocenters. The Balaban J connectivity index is 0.00000481. The van der Waals surface area contributed by atoms with Gasteiger partial charge in [0, 0.05) is 12.5 Å². The van der Waals surface area contributed by atoms with E-state index in [1.54, 1.807) is 0 Å². The zero-order valence-corrected chi connectivity index (χ0v) is 24.9.